The zero-order valence-corrected chi connectivity index (χ0v) is 14.1. The second kappa shape index (κ2) is 7.22. The molecule has 0 aliphatic heterocycles. The molecular weight excluding hydrogens is 336 g/mol. The third-order valence-corrected chi connectivity index (χ3v) is 4.07. The molecule has 0 fully saturated rings. The van der Waals surface area contributed by atoms with Gasteiger partial charge in [0.05, 0.1) is 5.56 Å². The molecule has 0 aliphatic carbocycles. The molecule has 0 aliphatic rings. The van der Waals surface area contributed by atoms with Crippen LogP contribution in [0.15, 0.2) is 36.4 Å². The zero-order chi connectivity index (χ0) is 18.7. The number of nitrogens with zero attached hydrogens (tertiary/aromatic N) is 4. The van der Waals surface area contributed by atoms with Gasteiger partial charge in [-0.15, -0.1) is 5.10 Å². The number of carboxylic acids is 1. The first-order chi connectivity index (χ1) is 12.5. The van der Waals surface area contributed by atoms with Crippen LogP contribution in [0.3, 0.4) is 0 Å². The Kier molecular flexibility index (Phi) is 4.83. The van der Waals surface area contributed by atoms with Crippen molar-refractivity contribution in [2.75, 3.05) is 0 Å². The van der Waals surface area contributed by atoms with Crippen molar-refractivity contribution in [3.63, 3.8) is 0 Å². The van der Waals surface area contributed by atoms with Crippen molar-refractivity contribution in [2.45, 2.75) is 26.3 Å². The highest BCUT2D eigenvalue weighted by atomic mass is 16.4. The summed E-state index contributed by atoms with van der Waals surface area (Å²) in [6.07, 6.45) is 1.86. The largest absolute Gasteiger partial charge is 0.507 e. The normalized spacial score (nSPS) is 10.8. The molecule has 0 bridgehead atoms. The standard InChI is InChI=1S/C18H18N4O4/c1-2-3-9-22-17(19-20-21-22)14-10-11(7-8-15(14)23)12-5-4-6-13(16(12)24)18(25)26/h4-8,10,23-24H,2-3,9H2,1H3,(H,25,26). The summed E-state index contributed by atoms with van der Waals surface area (Å²) in [6, 6.07) is 9.18. The van der Waals surface area contributed by atoms with E-state index < -0.39 is 5.97 Å². The molecule has 0 saturated heterocycles. The van der Waals surface area contributed by atoms with Gasteiger partial charge in [0.25, 0.3) is 0 Å². The summed E-state index contributed by atoms with van der Waals surface area (Å²) in [7, 11) is 0. The molecule has 0 atom stereocenters. The highest BCUT2D eigenvalue weighted by molar-refractivity contribution is 5.94. The number of carboxylic acid groups (broad SMARTS) is 1. The van der Waals surface area contributed by atoms with Crippen molar-refractivity contribution in [3.8, 4) is 34.0 Å². The maximum atomic E-state index is 11.2. The van der Waals surface area contributed by atoms with Crippen LogP contribution in [-0.2, 0) is 6.54 Å². The van der Waals surface area contributed by atoms with Gasteiger partial charge in [-0.1, -0.05) is 31.5 Å². The van der Waals surface area contributed by atoms with Gasteiger partial charge in [0.1, 0.15) is 17.1 Å². The van der Waals surface area contributed by atoms with E-state index in [0.717, 1.165) is 12.8 Å². The van der Waals surface area contributed by atoms with E-state index in [0.29, 0.717) is 29.1 Å². The predicted molar refractivity (Wildman–Crippen MR) is 93.9 cm³/mol. The number of phenolic OH excluding ortho intramolecular Hbond substituents is 1. The Morgan fingerprint density at radius 1 is 1.15 bits per heavy atom. The van der Waals surface area contributed by atoms with E-state index in [1.165, 1.54) is 12.1 Å². The molecule has 3 N–H and O–H groups in total. The lowest BCUT2D eigenvalue weighted by Gasteiger charge is -2.11. The average molecular weight is 354 g/mol. The Bertz CT molecular complexity index is 952. The van der Waals surface area contributed by atoms with E-state index in [9.17, 15) is 20.1 Å². The first-order valence-electron chi connectivity index (χ1n) is 8.18. The molecule has 0 unspecified atom stereocenters. The van der Waals surface area contributed by atoms with Gasteiger partial charge in [0.15, 0.2) is 5.82 Å². The van der Waals surface area contributed by atoms with Crippen molar-refractivity contribution in [1.82, 2.24) is 20.2 Å². The Morgan fingerprint density at radius 3 is 2.69 bits per heavy atom. The number of phenols is 2. The highest BCUT2D eigenvalue weighted by Gasteiger charge is 2.18. The Hall–Kier alpha value is -3.42. The Labute approximate surface area is 149 Å². The van der Waals surface area contributed by atoms with Gasteiger partial charge < -0.3 is 15.3 Å². The van der Waals surface area contributed by atoms with Crippen LogP contribution in [0, 0.1) is 0 Å². The molecule has 3 aromatic rings. The fourth-order valence-electron chi connectivity index (χ4n) is 2.69. The van der Waals surface area contributed by atoms with E-state index in [1.807, 2.05) is 0 Å². The van der Waals surface area contributed by atoms with E-state index in [2.05, 4.69) is 22.4 Å². The van der Waals surface area contributed by atoms with Crippen molar-refractivity contribution >= 4 is 5.97 Å². The summed E-state index contributed by atoms with van der Waals surface area (Å²) in [4.78, 5) is 11.2. The molecule has 0 radical (unpaired) electrons. The van der Waals surface area contributed by atoms with Crippen LogP contribution in [0.2, 0.25) is 0 Å². The summed E-state index contributed by atoms with van der Waals surface area (Å²) in [5.41, 5.74) is 1.11. The molecule has 1 heterocycles. The van der Waals surface area contributed by atoms with Crippen LogP contribution in [-0.4, -0.2) is 41.5 Å². The third-order valence-electron chi connectivity index (χ3n) is 4.07. The number of tetrazole rings is 1. The maximum absolute atomic E-state index is 11.2. The summed E-state index contributed by atoms with van der Waals surface area (Å²) in [5.74, 6) is -1.14. The Morgan fingerprint density at radius 2 is 1.96 bits per heavy atom. The molecule has 0 saturated carbocycles. The van der Waals surface area contributed by atoms with Crippen molar-refractivity contribution < 1.29 is 20.1 Å². The number of aromatic hydroxyl groups is 2. The van der Waals surface area contributed by atoms with Gasteiger partial charge in [-0.2, -0.15) is 0 Å². The SMILES string of the molecule is CCCCn1nnnc1-c1cc(-c2cccc(C(=O)O)c2O)ccc1O. The van der Waals surface area contributed by atoms with E-state index >= 15 is 0 Å². The van der Waals surface area contributed by atoms with E-state index in [1.54, 1.807) is 28.9 Å². The number of benzene rings is 2. The van der Waals surface area contributed by atoms with Gasteiger partial charge >= 0.3 is 5.97 Å². The number of aryl methyl sites for hydroxylation is 1. The monoisotopic (exact) mass is 354 g/mol. The first-order valence-corrected chi connectivity index (χ1v) is 8.18. The summed E-state index contributed by atoms with van der Waals surface area (Å²) in [5, 5.41) is 41.3. The molecule has 3 rings (SSSR count). The molecular formula is C18H18N4O4. The minimum Gasteiger partial charge on any atom is -0.507 e. The fourth-order valence-corrected chi connectivity index (χ4v) is 2.69. The minimum atomic E-state index is -1.22. The van der Waals surface area contributed by atoms with Gasteiger partial charge in [-0.25, -0.2) is 9.48 Å². The van der Waals surface area contributed by atoms with Crippen LogP contribution in [0.5, 0.6) is 11.5 Å². The van der Waals surface area contributed by atoms with Crippen LogP contribution in [0.25, 0.3) is 22.5 Å². The predicted octanol–water partition coefficient (Wildman–Crippen LogP) is 2.92. The minimum absolute atomic E-state index is 0.00447. The number of aromatic nitrogens is 4. The first kappa shape index (κ1) is 17.4. The average Bonchev–Trinajstić information content (AvgIpc) is 3.08. The molecule has 8 nitrogen and oxygen atoms in total. The molecule has 26 heavy (non-hydrogen) atoms. The van der Waals surface area contributed by atoms with Crippen LogP contribution >= 0.6 is 0 Å². The van der Waals surface area contributed by atoms with Crippen LogP contribution < -0.4 is 0 Å². The summed E-state index contributed by atoms with van der Waals surface area (Å²) < 4.78 is 1.61. The maximum Gasteiger partial charge on any atom is 0.339 e. The van der Waals surface area contributed by atoms with Crippen molar-refractivity contribution in [1.29, 1.82) is 0 Å². The topological polar surface area (TPSA) is 121 Å². The van der Waals surface area contributed by atoms with Crippen LogP contribution in [0.4, 0.5) is 0 Å². The molecule has 1 aromatic heterocycles. The number of aromatic carboxylic acids is 1. The molecule has 0 amide bonds. The van der Waals surface area contributed by atoms with Crippen molar-refractivity contribution in [2.24, 2.45) is 0 Å². The Balaban J connectivity index is 2.09. The number of rotatable bonds is 6. The quantitative estimate of drug-likeness (QED) is 0.622. The summed E-state index contributed by atoms with van der Waals surface area (Å²) >= 11 is 0. The van der Waals surface area contributed by atoms with Crippen molar-refractivity contribution in [3.05, 3.63) is 42.0 Å². The van der Waals surface area contributed by atoms with Gasteiger partial charge in [-0.3, -0.25) is 0 Å². The molecule has 0 spiro atoms. The zero-order valence-electron chi connectivity index (χ0n) is 14.1. The van der Waals surface area contributed by atoms with E-state index in [4.69, 9.17) is 0 Å². The lowest BCUT2D eigenvalue weighted by molar-refractivity contribution is 0.0694. The van der Waals surface area contributed by atoms with E-state index in [-0.39, 0.29) is 17.1 Å². The number of hydrogen-bond acceptors (Lipinski definition) is 6. The third kappa shape index (κ3) is 3.21. The lowest BCUT2D eigenvalue weighted by Crippen LogP contribution is -2.03. The van der Waals surface area contributed by atoms with Gasteiger partial charge in [0, 0.05) is 12.1 Å². The lowest BCUT2D eigenvalue weighted by atomic mass is 9.99. The number of carbonyl (C=O) groups is 1. The molecule has 8 heteroatoms. The van der Waals surface area contributed by atoms with Gasteiger partial charge in [0.2, 0.25) is 0 Å². The second-order valence-electron chi connectivity index (χ2n) is 5.82. The second-order valence-corrected chi connectivity index (χ2v) is 5.82. The van der Waals surface area contributed by atoms with Gasteiger partial charge in [-0.05, 0) is 40.6 Å². The summed E-state index contributed by atoms with van der Waals surface area (Å²) in [6.45, 7) is 2.67. The van der Waals surface area contributed by atoms with Crippen LogP contribution in [0.1, 0.15) is 30.1 Å². The smallest absolute Gasteiger partial charge is 0.339 e. The highest BCUT2D eigenvalue weighted by Crippen LogP contribution is 2.37. The fraction of sp³-hybridized carbons (Fsp3) is 0.222. The number of unbranched alkanes of at least 4 members (excludes halogenated alkanes) is 1. The number of para-hydroxylation sites is 1. The molecule has 134 valence electrons. The molecule has 2 aromatic carbocycles. The number of hydrogen-bond donors (Lipinski definition) is 3.